The molecule has 2 atom stereocenters. The number of carbonyl (C=O) groups excluding carboxylic acids is 1. The van der Waals surface area contributed by atoms with Gasteiger partial charge < -0.3 is 19.9 Å². The van der Waals surface area contributed by atoms with Crippen LogP contribution in [0, 0.1) is 5.82 Å². The molecule has 0 saturated carbocycles. The second-order valence-electron chi connectivity index (χ2n) is 8.36. The summed E-state index contributed by atoms with van der Waals surface area (Å²) in [5.41, 5.74) is 1.02. The van der Waals surface area contributed by atoms with Crippen LogP contribution in [0.4, 0.5) is 16.2 Å². The first-order valence-electron chi connectivity index (χ1n) is 11.1. The summed E-state index contributed by atoms with van der Waals surface area (Å²) in [7, 11) is 0. The van der Waals surface area contributed by atoms with E-state index in [1.807, 2.05) is 36.1 Å². The highest BCUT2D eigenvalue weighted by molar-refractivity contribution is 5.73. The fourth-order valence-corrected chi connectivity index (χ4v) is 4.25. The van der Waals surface area contributed by atoms with Crippen LogP contribution in [0.3, 0.4) is 0 Å². The Morgan fingerprint density at radius 1 is 1.16 bits per heavy atom. The molecule has 31 heavy (non-hydrogen) atoms. The van der Waals surface area contributed by atoms with Gasteiger partial charge in [-0.15, -0.1) is 0 Å². The van der Waals surface area contributed by atoms with Crippen LogP contribution >= 0.6 is 0 Å². The molecule has 0 aliphatic carbocycles. The lowest BCUT2D eigenvalue weighted by Crippen LogP contribution is -2.32. The lowest BCUT2D eigenvalue weighted by molar-refractivity contribution is -0.119. The van der Waals surface area contributed by atoms with Gasteiger partial charge in [-0.25, -0.2) is 9.37 Å². The van der Waals surface area contributed by atoms with E-state index in [2.05, 4.69) is 20.2 Å². The Morgan fingerprint density at radius 2 is 1.90 bits per heavy atom. The molecular formula is C23H30FN5O2. The van der Waals surface area contributed by atoms with Gasteiger partial charge in [0.1, 0.15) is 11.9 Å². The van der Waals surface area contributed by atoms with Crippen molar-refractivity contribution in [3.05, 3.63) is 41.8 Å². The molecule has 3 heterocycles. The van der Waals surface area contributed by atoms with Gasteiger partial charge in [0.15, 0.2) is 11.6 Å². The number of halogens is 1. The third-order valence-corrected chi connectivity index (χ3v) is 5.90. The van der Waals surface area contributed by atoms with Crippen LogP contribution in [-0.2, 0) is 4.79 Å². The number of ether oxygens (including phenoxy) is 1. The van der Waals surface area contributed by atoms with Crippen molar-refractivity contribution in [3.63, 3.8) is 0 Å². The van der Waals surface area contributed by atoms with Gasteiger partial charge >= 0.3 is 0 Å². The Bertz CT molecular complexity index is 901. The lowest BCUT2D eigenvalue weighted by Gasteiger charge is -2.27. The molecule has 7 nitrogen and oxygen atoms in total. The summed E-state index contributed by atoms with van der Waals surface area (Å²) in [6.45, 7) is 6.57. The molecule has 8 heteroatoms. The smallest absolute Gasteiger partial charge is 0.227 e. The number of aromatic nitrogens is 2. The van der Waals surface area contributed by atoms with Gasteiger partial charge in [-0.1, -0.05) is 12.1 Å². The molecule has 1 aromatic heterocycles. The van der Waals surface area contributed by atoms with Crippen molar-refractivity contribution in [2.24, 2.45) is 0 Å². The van der Waals surface area contributed by atoms with Crippen LogP contribution in [-0.4, -0.2) is 48.2 Å². The van der Waals surface area contributed by atoms with Gasteiger partial charge in [0.2, 0.25) is 11.9 Å². The van der Waals surface area contributed by atoms with Crippen molar-refractivity contribution in [1.29, 1.82) is 0 Å². The highest BCUT2D eigenvalue weighted by atomic mass is 19.1. The fraction of sp³-hybridized carbons (Fsp3) is 0.522. The number of rotatable bonds is 6. The summed E-state index contributed by atoms with van der Waals surface area (Å²) in [6, 6.07) is 7.69. The number of piperidine rings is 1. The molecule has 1 N–H and O–H groups in total. The molecule has 0 unspecified atom stereocenters. The number of hydrogen-bond acceptors (Lipinski definition) is 6. The first kappa shape index (κ1) is 21.3. The predicted molar refractivity (Wildman–Crippen MR) is 118 cm³/mol. The number of amides is 1. The molecule has 2 fully saturated rings. The number of nitrogens with one attached hydrogen (secondary N) is 1. The van der Waals surface area contributed by atoms with Gasteiger partial charge in [-0.3, -0.25) is 4.79 Å². The average molecular weight is 428 g/mol. The summed E-state index contributed by atoms with van der Waals surface area (Å²) in [5.74, 6) is 1.30. The minimum Gasteiger partial charge on any atom is -0.489 e. The first-order valence-corrected chi connectivity index (χ1v) is 11.1. The molecule has 1 aromatic carbocycles. The van der Waals surface area contributed by atoms with Gasteiger partial charge in [-0.05, 0) is 43.9 Å². The third kappa shape index (κ3) is 5.24. The van der Waals surface area contributed by atoms with Crippen LogP contribution in [0.5, 0.6) is 5.75 Å². The van der Waals surface area contributed by atoms with Crippen molar-refractivity contribution >= 4 is 17.7 Å². The Labute approximate surface area is 182 Å². The number of nitrogens with zero attached hydrogens (tertiary/aromatic N) is 4. The highest BCUT2D eigenvalue weighted by Gasteiger charge is 2.28. The molecule has 2 aliphatic heterocycles. The van der Waals surface area contributed by atoms with Gasteiger partial charge in [0.05, 0.1) is 18.8 Å². The zero-order valence-corrected chi connectivity index (χ0v) is 18.2. The Balaban J connectivity index is 1.38. The topological polar surface area (TPSA) is 70.6 Å². The summed E-state index contributed by atoms with van der Waals surface area (Å²) in [6.07, 6.45) is 5.52. The van der Waals surface area contributed by atoms with Crippen LogP contribution in [0.15, 0.2) is 30.5 Å². The van der Waals surface area contributed by atoms with E-state index in [-0.39, 0.29) is 18.1 Å². The molecular weight excluding hydrogens is 397 g/mol. The summed E-state index contributed by atoms with van der Waals surface area (Å²) in [5, 5.41) is 2.87. The van der Waals surface area contributed by atoms with E-state index in [0.29, 0.717) is 24.9 Å². The summed E-state index contributed by atoms with van der Waals surface area (Å²) < 4.78 is 20.6. The Hall–Kier alpha value is -2.90. The molecule has 2 aromatic rings. The van der Waals surface area contributed by atoms with E-state index in [9.17, 15) is 9.18 Å². The van der Waals surface area contributed by atoms with Crippen molar-refractivity contribution in [1.82, 2.24) is 15.3 Å². The summed E-state index contributed by atoms with van der Waals surface area (Å²) >= 11 is 0. The minimum absolute atomic E-state index is 0.0357. The van der Waals surface area contributed by atoms with Gasteiger partial charge in [0.25, 0.3) is 0 Å². The molecule has 4 rings (SSSR count). The first-order chi connectivity index (χ1) is 15.0. The monoisotopic (exact) mass is 427 g/mol. The second kappa shape index (κ2) is 9.49. The number of carbonyl (C=O) groups is 1. The van der Waals surface area contributed by atoms with Crippen molar-refractivity contribution in [2.75, 3.05) is 36.0 Å². The SMILES string of the molecule is CC(=O)N[C@@H](C)c1ccc(O[C@@H]2CCN(c3nc(N4CCCCC4)ncc3F)C2)cc1. The van der Waals surface area contributed by atoms with Crippen LogP contribution < -0.4 is 19.9 Å². The second-order valence-corrected chi connectivity index (χ2v) is 8.36. The van der Waals surface area contributed by atoms with E-state index in [1.54, 1.807) is 0 Å². The fourth-order valence-electron chi connectivity index (χ4n) is 4.25. The number of benzene rings is 1. The van der Waals surface area contributed by atoms with E-state index < -0.39 is 5.82 Å². The van der Waals surface area contributed by atoms with E-state index in [4.69, 9.17) is 4.74 Å². The normalized spacial score (nSPS) is 19.9. The predicted octanol–water partition coefficient (Wildman–Crippen LogP) is 3.46. The lowest BCUT2D eigenvalue weighted by atomic mass is 10.1. The maximum Gasteiger partial charge on any atom is 0.227 e. The van der Waals surface area contributed by atoms with Gasteiger partial charge in [0, 0.05) is 33.0 Å². The van der Waals surface area contributed by atoms with Crippen molar-refractivity contribution in [3.8, 4) is 5.75 Å². The Morgan fingerprint density at radius 3 is 2.61 bits per heavy atom. The molecule has 0 radical (unpaired) electrons. The molecule has 166 valence electrons. The van der Waals surface area contributed by atoms with Crippen molar-refractivity contribution in [2.45, 2.75) is 51.7 Å². The van der Waals surface area contributed by atoms with E-state index in [0.717, 1.165) is 43.7 Å². The quantitative estimate of drug-likeness (QED) is 0.761. The molecule has 0 bridgehead atoms. The molecule has 2 aliphatic rings. The number of anilines is 2. The summed E-state index contributed by atoms with van der Waals surface area (Å²) in [4.78, 5) is 24.1. The van der Waals surface area contributed by atoms with Crippen LogP contribution in [0.25, 0.3) is 0 Å². The maximum atomic E-state index is 14.5. The number of hydrogen-bond donors (Lipinski definition) is 1. The molecule has 1 amide bonds. The zero-order valence-electron chi connectivity index (χ0n) is 18.2. The standard InChI is InChI=1S/C23H30FN5O2/c1-16(26-17(2)30)18-6-8-19(9-7-18)31-20-10-13-29(15-20)22-21(24)14-25-23(27-22)28-11-4-3-5-12-28/h6-9,14,16,20H,3-5,10-13,15H2,1-2H3,(H,26,30)/t16-,20+/m0/s1. The third-order valence-electron chi connectivity index (χ3n) is 5.90. The van der Waals surface area contributed by atoms with Crippen LogP contribution in [0.1, 0.15) is 51.1 Å². The maximum absolute atomic E-state index is 14.5. The van der Waals surface area contributed by atoms with E-state index in [1.165, 1.54) is 19.5 Å². The minimum atomic E-state index is -0.391. The van der Waals surface area contributed by atoms with Gasteiger partial charge in [-0.2, -0.15) is 4.98 Å². The highest BCUT2D eigenvalue weighted by Crippen LogP contribution is 2.27. The zero-order chi connectivity index (χ0) is 21.8. The van der Waals surface area contributed by atoms with Crippen molar-refractivity contribution < 1.29 is 13.9 Å². The average Bonchev–Trinajstić information content (AvgIpc) is 3.23. The molecule has 0 spiro atoms. The van der Waals surface area contributed by atoms with E-state index >= 15 is 0 Å². The largest absolute Gasteiger partial charge is 0.489 e. The van der Waals surface area contributed by atoms with Crippen LogP contribution in [0.2, 0.25) is 0 Å². The Kier molecular flexibility index (Phi) is 6.53. The molecule has 2 saturated heterocycles.